The molecule has 18 heavy (non-hydrogen) atoms. The fourth-order valence-corrected chi connectivity index (χ4v) is 2.06. The van der Waals surface area contributed by atoms with Crippen LogP contribution in [-0.4, -0.2) is 26.9 Å². The lowest BCUT2D eigenvalue weighted by molar-refractivity contribution is 0.183. The molecule has 3 nitrogen and oxygen atoms in total. The van der Waals surface area contributed by atoms with Gasteiger partial charge < -0.3 is 14.2 Å². The van der Waals surface area contributed by atoms with E-state index in [2.05, 4.69) is 15.9 Å². The highest BCUT2D eigenvalue weighted by Gasteiger charge is 2.09. The van der Waals surface area contributed by atoms with Crippen LogP contribution in [0, 0.1) is 0 Å². The predicted octanol–water partition coefficient (Wildman–Crippen LogP) is 3.79. The topological polar surface area (TPSA) is 27.7 Å². The van der Waals surface area contributed by atoms with E-state index in [0.717, 1.165) is 41.8 Å². The molecule has 1 aromatic carbocycles. The number of methoxy groups -OCH3 is 1. The molecule has 102 valence electrons. The van der Waals surface area contributed by atoms with Gasteiger partial charge in [0.25, 0.3) is 0 Å². The Morgan fingerprint density at radius 1 is 1.11 bits per heavy atom. The van der Waals surface area contributed by atoms with E-state index in [1.165, 1.54) is 0 Å². The van der Waals surface area contributed by atoms with Crippen molar-refractivity contribution in [1.29, 1.82) is 0 Å². The average molecular weight is 317 g/mol. The van der Waals surface area contributed by atoms with Crippen molar-refractivity contribution in [2.24, 2.45) is 0 Å². The summed E-state index contributed by atoms with van der Waals surface area (Å²) < 4.78 is 16.4. The molecule has 0 N–H and O–H groups in total. The van der Waals surface area contributed by atoms with E-state index in [4.69, 9.17) is 14.2 Å². The molecule has 0 aliphatic rings. The molecule has 0 amide bonds. The first-order chi connectivity index (χ1) is 8.83. The van der Waals surface area contributed by atoms with Crippen LogP contribution in [0.3, 0.4) is 0 Å². The molecule has 0 aliphatic heterocycles. The van der Waals surface area contributed by atoms with Crippen molar-refractivity contribution in [2.75, 3.05) is 26.9 Å². The molecule has 0 heterocycles. The van der Waals surface area contributed by atoms with E-state index < -0.39 is 0 Å². The summed E-state index contributed by atoms with van der Waals surface area (Å²) in [5, 5.41) is 0.765. The van der Waals surface area contributed by atoms with Crippen molar-refractivity contribution >= 4 is 15.9 Å². The van der Waals surface area contributed by atoms with Crippen molar-refractivity contribution < 1.29 is 14.2 Å². The molecule has 1 aromatic rings. The second kappa shape index (κ2) is 9.22. The van der Waals surface area contributed by atoms with Gasteiger partial charge in [-0.3, -0.25) is 0 Å². The number of benzene rings is 1. The maximum absolute atomic E-state index is 5.85. The average Bonchev–Trinajstić information content (AvgIpc) is 2.40. The van der Waals surface area contributed by atoms with E-state index in [9.17, 15) is 0 Å². The largest absolute Gasteiger partial charge is 0.490 e. The van der Waals surface area contributed by atoms with Crippen LogP contribution in [0.15, 0.2) is 18.2 Å². The minimum Gasteiger partial charge on any atom is -0.490 e. The molecular formula is C14H21BrO3. The van der Waals surface area contributed by atoms with Crippen LogP contribution in [0.4, 0.5) is 0 Å². The van der Waals surface area contributed by atoms with Crippen molar-refractivity contribution in [3.63, 3.8) is 0 Å². The number of unbranched alkanes of at least 4 members (excludes halogenated alkanes) is 1. The molecular weight excluding hydrogens is 296 g/mol. The quantitative estimate of drug-likeness (QED) is 0.512. The maximum Gasteiger partial charge on any atom is 0.165 e. The third-order valence-electron chi connectivity index (χ3n) is 2.49. The standard InChI is InChI=1S/C14H21BrO3/c1-3-17-13-8-6-7-12(11-15)14(13)18-10-5-4-9-16-2/h6-8H,3-5,9-11H2,1-2H3. The Labute approximate surface area is 118 Å². The zero-order valence-corrected chi connectivity index (χ0v) is 12.7. The summed E-state index contributed by atoms with van der Waals surface area (Å²) in [4.78, 5) is 0. The normalized spacial score (nSPS) is 10.4. The lowest BCUT2D eigenvalue weighted by Crippen LogP contribution is -2.04. The van der Waals surface area contributed by atoms with Gasteiger partial charge in [-0.05, 0) is 25.8 Å². The smallest absolute Gasteiger partial charge is 0.165 e. The van der Waals surface area contributed by atoms with Gasteiger partial charge in [0, 0.05) is 24.6 Å². The first-order valence-corrected chi connectivity index (χ1v) is 7.38. The van der Waals surface area contributed by atoms with Crippen LogP contribution in [-0.2, 0) is 10.1 Å². The van der Waals surface area contributed by atoms with Gasteiger partial charge in [-0.15, -0.1) is 0 Å². The molecule has 0 fully saturated rings. The van der Waals surface area contributed by atoms with Gasteiger partial charge in [-0.25, -0.2) is 0 Å². The highest BCUT2D eigenvalue weighted by Crippen LogP contribution is 2.32. The van der Waals surface area contributed by atoms with Crippen molar-refractivity contribution in [3.05, 3.63) is 23.8 Å². The number of rotatable bonds is 9. The number of ether oxygens (including phenoxy) is 3. The molecule has 0 saturated carbocycles. The van der Waals surface area contributed by atoms with Gasteiger partial charge in [-0.1, -0.05) is 28.1 Å². The summed E-state index contributed by atoms with van der Waals surface area (Å²) in [6.45, 7) is 4.09. The Balaban J connectivity index is 2.60. The second-order valence-corrected chi connectivity index (χ2v) is 4.42. The highest BCUT2D eigenvalue weighted by atomic mass is 79.9. The third-order valence-corrected chi connectivity index (χ3v) is 3.10. The fourth-order valence-electron chi connectivity index (χ4n) is 1.62. The van der Waals surface area contributed by atoms with Gasteiger partial charge in [-0.2, -0.15) is 0 Å². The monoisotopic (exact) mass is 316 g/mol. The molecule has 0 radical (unpaired) electrons. The maximum atomic E-state index is 5.85. The van der Waals surface area contributed by atoms with Gasteiger partial charge in [0.2, 0.25) is 0 Å². The number of halogens is 1. The van der Waals surface area contributed by atoms with Gasteiger partial charge in [0.1, 0.15) is 0 Å². The Hall–Kier alpha value is -0.740. The summed E-state index contributed by atoms with van der Waals surface area (Å²) in [5.74, 6) is 1.68. The summed E-state index contributed by atoms with van der Waals surface area (Å²) in [6, 6.07) is 5.97. The molecule has 0 saturated heterocycles. The first kappa shape index (κ1) is 15.3. The van der Waals surface area contributed by atoms with Crippen LogP contribution in [0.5, 0.6) is 11.5 Å². The summed E-state index contributed by atoms with van der Waals surface area (Å²) in [5.41, 5.74) is 1.12. The molecule has 0 atom stereocenters. The number of hydrogen-bond donors (Lipinski definition) is 0. The van der Waals surface area contributed by atoms with Crippen LogP contribution in [0.25, 0.3) is 0 Å². The van der Waals surface area contributed by atoms with Crippen LogP contribution in [0.2, 0.25) is 0 Å². The van der Waals surface area contributed by atoms with Gasteiger partial charge in [0.05, 0.1) is 13.2 Å². The van der Waals surface area contributed by atoms with E-state index in [1.54, 1.807) is 7.11 Å². The number of hydrogen-bond acceptors (Lipinski definition) is 3. The Morgan fingerprint density at radius 3 is 2.56 bits per heavy atom. The zero-order valence-electron chi connectivity index (χ0n) is 11.1. The SMILES string of the molecule is CCOc1cccc(CBr)c1OCCCCOC. The van der Waals surface area contributed by atoms with Gasteiger partial charge in [0.15, 0.2) is 11.5 Å². The molecule has 0 spiro atoms. The van der Waals surface area contributed by atoms with Crippen LogP contribution < -0.4 is 9.47 Å². The Morgan fingerprint density at radius 2 is 1.89 bits per heavy atom. The van der Waals surface area contributed by atoms with Crippen molar-refractivity contribution in [2.45, 2.75) is 25.1 Å². The second-order valence-electron chi connectivity index (χ2n) is 3.86. The lowest BCUT2D eigenvalue weighted by Gasteiger charge is -2.14. The van der Waals surface area contributed by atoms with Crippen molar-refractivity contribution in [1.82, 2.24) is 0 Å². The zero-order chi connectivity index (χ0) is 13.2. The van der Waals surface area contributed by atoms with Crippen LogP contribution in [0.1, 0.15) is 25.3 Å². The lowest BCUT2D eigenvalue weighted by atomic mass is 10.2. The van der Waals surface area contributed by atoms with E-state index in [1.807, 2.05) is 25.1 Å². The molecule has 1 rings (SSSR count). The Bertz CT molecular complexity index is 342. The fraction of sp³-hybridized carbons (Fsp3) is 0.571. The van der Waals surface area contributed by atoms with E-state index >= 15 is 0 Å². The summed E-state index contributed by atoms with van der Waals surface area (Å²) in [6.07, 6.45) is 1.99. The predicted molar refractivity (Wildman–Crippen MR) is 76.8 cm³/mol. The van der Waals surface area contributed by atoms with Crippen LogP contribution >= 0.6 is 15.9 Å². The first-order valence-electron chi connectivity index (χ1n) is 6.25. The van der Waals surface area contributed by atoms with Gasteiger partial charge >= 0.3 is 0 Å². The highest BCUT2D eigenvalue weighted by molar-refractivity contribution is 9.08. The molecule has 0 aliphatic carbocycles. The minimum absolute atomic E-state index is 0.645. The summed E-state index contributed by atoms with van der Waals surface area (Å²) in [7, 11) is 1.72. The molecule has 0 aromatic heterocycles. The van der Waals surface area contributed by atoms with Crippen molar-refractivity contribution in [3.8, 4) is 11.5 Å². The minimum atomic E-state index is 0.645. The molecule has 0 bridgehead atoms. The molecule has 0 unspecified atom stereocenters. The number of para-hydroxylation sites is 1. The Kier molecular flexibility index (Phi) is 7.85. The number of alkyl halides is 1. The van der Waals surface area contributed by atoms with E-state index in [0.29, 0.717) is 13.2 Å². The summed E-state index contributed by atoms with van der Waals surface area (Å²) >= 11 is 3.47. The van der Waals surface area contributed by atoms with E-state index in [-0.39, 0.29) is 0 Å². The third kappa shape index (κ3) is 4.86. The molecule has 4 heteroatoms.